The molecule has 0 atom stereocenters. The summed E-state index contributed by atoms with van der Waals surface area (Å²) in [5.41, 5.74) is 1.36. The first-order valence-corrected chi connectivity index (χ1v) is 9.03. The fourth-order valence-electron chi connectivity index (χ4n) is 3.26. The van der Waals surface area contributed by atoms with Gasteiger partial charge in [-0.1, -0.05) is 0 Å². The van der Waals surface area contributed by atoms with Crippen LogP contribution < -0.4 is 10.2 Å². The van der Waals surface area contributed by atoms with E-state index >= 15 is 0 Å². The third-order valence-corrected chi connectivity index (χ3v) is 4.65. The molecule has 0 aliphatic carbocycles. The lowest BCUT2D eigenvalue weighted by Crippen LogP contribution is -2.27. The molecule has 1 fully saturated rings. The van der Waals surface area contributed by atoms with E-state index in [0.717, 1.165) is 37.3 Å². The second-order valence-corrected chi connectivity index (χ2v) is 6.52. The minimum atomic E-state index is -0.289. The van der Waals surface area contributed by atoms with E-state index in [1.165, 1.54) is 12.1 Å². The molecule has 6 heteroatoms. The summed E-state index contributed by atoms with van der Waals surface area (Å²) in [6.07, 6.45) is 3.96. The number of furan rings is 1. The van der Waals surface area contributed by atoms with Gasteiger partial charge < -0.3 is 14.6 Å². The van der Waals surface area contributed by atoms with Crippen LogP contribution in [0.15, 0.2) is 59.1 Å². The SMILES string of the molecule is O=C(NCc1ccc(-c2ccc(F)cc2)o1)c1cccnc1N1CCCC1. The van der Waals surface area contributed by atoms with Gasteiger partial charge in [0.05, 0.1) is 12.1 Å². The summed E-state index contributed by atoms with van der Waals surface area (Å²) in [5.74, 6) is 1.54. The number of halogens is 1. The Bertz CT molecular complexity index is 931. The van der Waals surface area contributed by atoms with Crippen LogP contribution in [0.2, 0.25) is 0 Å². The van der Waals surface area contributed by atoms with Crippen LogP contribution >= 0.6 is 0 Å². The highest BCUT2D eigenvalue weighted by Gasteiger charge is 2.20. The average Bonchev–Trinajstić information content (AvgIpc) is 3.39. The van der Waals surface area contributed by atoms with E-state index < -0.39 is 0 Å². The number of aromatic nitrogens is 1. The van der Waals surface area contributed by atoms with Gasteiger partial charge in [-0.05, 0) is 61.4 Å². The lowest BCUT2D eigenvalue weighted by Gasteiger charge is -2.19. The Morgan fingerprint density at radius 1 is 1.11 bits per heavy atom. The van der Waals surface area contributed by atoms with Crippen molar-refractivity contribution in [3.05, 3.63) is 71.9 Å². The number of carbonyl (C=O) groups excluding carboxylic acids is 1. The number of pyridine rings is 1. The monoisotopic (exact) mass is 365 g/mol. The molecule has 0 saturated carbocycles. The van der Waals surface area contributed by atoms with Gasteiger partial charge >= 0.3 is 0 Å². The molecule has 3 heterocycles. The van der Waals surface area contributed by atoms with Gasteiger partial charge in [0.1, 0.15) is 23.2 Å². The molecule has 1 aromatic carbocycles. The number of carbonyl (C=O) groups is 1. The number of nitrogens with one attached hydrogen (secondary N) is 1. The van der Waals surface area contributed by atoms with Crippen molar-refractivity contribution in [2.75, 3.05) is 18.0 Å². The van der Waals surface area contributed by atoms with Gasteiger partial charge in [0.25, 0.3) is 5.91 Å². The van der Waals surface area contributed by atoms with Crippen molar-refractivity contribution >= 4 is 11.7 Å². The Balaban J connectivity index is 1.44. The number of anilines is 1. The number of benzene rings is 1. The van der Waals surface area contributed by atoms with Crippen LogP contribution in [-0.4, -0.2) is 24.0 Å². The fourth-order valence-corrected chi connectivity index (χ4v) is 3.26. The van der Waals surface area contributed by atoms with E-state index in [-0.39, 0.29) is 18.3 Å². The maximum absolute atomic E-state index is 13.0. The minimum absolute atomic E-state index is 0.176. The summed E-state index contributed by atoms with van der Waals surface area (Å²) in [4.78, 5) is 19.2. The van der Waals surface area contributed by atoms with Crippen molar-refractivity contribution in [1.29, 1.82) is 0 Å². The second-order valence-electron chi connectivity index (χ2n) is 6.52. The molecule has 27 heavy (non-hydrogen) atoms. The molecule has 4 rings (SSSR count). The van der Waals surface area contributed by atoms with E-state index in [2.05, 4.69) is 15.2 Å². The van der Waals surface area contributed by atoms with Gasteiger partial charge in [0.15, 0.2) is 0 Å². The lowest BCUT2D eigenvalue weighted by atomic mass is 10.2. The van der Waals surface area contributed by atoms with Gasteiger partial charge in [0, 0.05) is 24.8 Å². The molecule has 1 amide bonds. The van der Waals surface area contributed by atoms with Gasteiger partial charge in [-0.25, -0.2) is 9.37 Å². The highest BCUT2D eigenvalue weighted by atomic mass is 19.1. The number of amides is 1. The van der Waals surface area contributed by atoms with Crippen molar-refractivity contribution in [2.45, 2.75) is 19.4 Å². The smallest absolute Gasteiger partial charge is 0.255 e. The molecule has 1 N–H and O–H groups in total. The molecule has 5 nitrogen and oxygen atoms in total. The molecule has 0 radical (unpaired) electrons. The van der Waals surface area contributed by atoms with E-state index in [9.17, 15) is 9.18 Å². The van der Waals surface area contributed by atoms with Gasteiger partial charge in [0.2, 0.25) is 0 Å². The second kappa shape index (κ2) is 7.61. The Labute approximate surface area is 156 Å². The first-order chi connectivity index (χ1) is 13.2. The highest BCUT2D eigenvalue weighted by molar-refractivity contribution is 5.98. The van der Waals surface area contributed by atoms with Crippen LogP contribution in [-0.2, 0) is 6.54 Å². The molecule has 3 aromatic rings. The number of hydrogen-bond donors (Lipinski definition) is 1. The summed E-state index contributed by atoms with van der Waals surface area (Å²) in [5, 5.41) is 2.89. The molecule has 1 aliphatic rings. The molecule has 1 saturated heterocycles. The quantitative estimate of drug-likeness (QED) is 0.742. The normalized spacial score (nSPS) is 13.7. The van der Waals surface area contributed by atoms with Crippen molar-refractivity contribution in [3.8, 4) is 11.3 Å². The Morgan fingerprint density at radius 3 is 2.67 bits per heavy atom. The van der Waals surface area contributed by atoms with Gasteiger partial charge in [-0.2, -0.15) is 0 Å². The van der Waals surface area contributed by atoms with Crippen molar-refractivity contribution < 1.29 is 13.6 Å². The van der Waals surface area contributed by atoms with Crippen LogP contribution in [0.5, 0.6) is 0 Å². The average molecular weight is 365 g/mol. The van der Waals surface area contributed by atoms with Crippen LogP contribution in [0.3, 0.4) is 0 Å². The predicted octanol–water partition coefficient (Wildman–Crippen LogP) is 4.01. The van der Waals surface area contributed by atoms with Gasteiger partial charge in [-0.3, -0.25) is 4.79 Å². The standard InChI is InChI=1S/C21H20FN3O2/c22-16-7-5-15(6-8-16)19-10-9-17(27-19)14-24-21(26)18-4-3-11-23-20(18)25-12-1-2-13-25/h3-11H,1-2,12-14H2,(H,24,26). The summed E-state index contributed by atoms with van der Waals surface area (Å²) < 4.78 is 18.8. The van der Waals surface area contributed by atoms with Crippen LogP contribution in [0.1, 0.15) is 29.0 Å². The molecule has 0 spiro atoms. The Morgan fingerprint density at radius 2 is 1.89 bits per heavy atom. The molecule has 2 aromatic heterocycles. The molecule has 1 aliphatic heterocycles. The van der Waals surface area contributed by atoms with E-state index in [1.54, 1.807) is 30.5 Å². The van der Waals surface area contributed by atoms with E-state index in [1.807, 2.05) is 12.1 Å². The fraction of sp³-hybridized carbons (Fsp3) is 0.238. The maximum Gasteiger partial charge on any atom is 0.255 e. The van der Waals surface area contributed by atoms with Gasteiger partial charge in [-0.15, -0.1) is 0 Å². The van der Waals surface area contributed by atoms with E-state index in [0.29, 0.717) is 17.1 Å². The van der Waals surface area contributed by atoms with Crippen molar-refractivity contribution in [3.63, 3.8) is 0 Å². The minimum Gasteiger partial charge on any atom is -0.459 e. The first-order valence-electron chi connectivity index (χ1n) is 9.03. The zero-order valence-electron chi connectivity index (χ0n) is 14.8. The van der Waals surface area contributed by atoms with Crippen LogP contribution in [0.25, 0.3) is 11.3 Å². The van der Waals surface area contributed by atoms with Crippen molar-refractivity contribution in [2.24, 2.45) is 0 Å². The van der Waals surface area contributed by atoms with Crippen molar-refractivity contribution in [1.82, 2.24) is 10.3 Å². The molecular weight excluding hydrogens is 345 g/mol. The zero-order valence-corrected chi connectivity index (χ0v) is 14.8. The molecule has 0 bridgehead atoms. The Hall–Kier alpha value is -3.15. The Kier molecular flexibility index (Phi) is 4.87. The largest absolute Gasteiger partial charge is 0.459 e. The summed E-state index contributed by atoms with van der Waals surface area (Å²) >= 11 is 0. The van der Waals surface area contributed by atoms with Crippen LogP contribution in [0, 0.1) is 5.82 Å². The predicted molar refractivity (Wildman–Crippen MR) is 101 cm³/mol. The third-order valence-electron chi connectivity index (χ3n) is 4.65. The number of rotatable bonds is 5. The maximum atomic E-state index is 13.0. The summed E-state index contributed by atoms with van der Waals surface area (Å²) in [6, 6.07) is 13.3. The number of nitrogens with zero attached hydrogens (tertiary/aromatic N) is 2. The summed E-state index contributed by atoms with van der Waals surface area (Å²) in [7, 11) is 0. The highest BCUT2D eigenvalue weighted by Crippen LogP contribution is 2.24. The molecule has 0 unspecified atom stereocenters. The molecular formula is C21H20FN3O2. The zero-order chi connectivity index (χ0) is 18.6. The first kappa shape index (κ1) is 17.3. The topological polar surface area (TPSA) is 58.4 Å². The molecule has 138 valence electrons. The third kappa shape index (κ3) is 3.84. The van der Waals surface area contributed by atoms with E-state index in [4.69, 9.17) is 4.42 Å². The lowest BCUT2D eigenvalue weighted by molar-refractivity contribution is 0.0948. The number of hydrogen-bond acceptors (Lipinski definition) is 4. The summed E-state index contributed by atoms with van der Waals surface area (Å²) in [6.45, 7) is 2.13. The van der Waals surface area contributed by atoms with Crippen LogP contribution in [0.4, 0.5) is 10.2 Å².